The molecule has 0 saturated heterocycles. The lowest BCUT2D eigenvalue weighted by atomic mass is 10.2. The SMILES string of the molecule is C=C(C)c1sccc1C=O. The van der Waals surface area contributed by atoms with E-state index in [1.54, 1.807) is 11.3 Å². The highest BCUT2D eigenvalue weighted by atomic mass is 32.1. The van der Waals surface area contributed by atoms with Gasteiger partial charge in [-0.05, 0) is 23.9 Å². The molecule has 0 spiro atoms. The first kappa shape index (κ1) is 7.22. The van der Waals surface area contributed by atoms with Gasteiger partial charge in [0.05, 0.1) is 0 Å². The van der Waals surface area contributed by atoms with Gasteiger partial charge in [-0.2, -0.15) is 0 Å². The summed E-state index contributed by atoms with van der Waals surface area (Å²) >= 11 is 1.55. The number of carbonyl (C=O) groups is 1. The number of allylic oxidation sites excluding steroid dienone is 1. The molecule has 1 aromatic rings. The largest absolute Gasteiger partial charge is 0.298 e. The van der Waals surface area contributed by atoms with Crippen LogP contribution in [-0.2, 0) is 0 Å². The Labute approximate surface area is 64.0 Å². The highest BCUT2D eigenvalue weighted by Gasteiger charge is 2.01. The number of hydrogen-bond acceptors (Lipinski definition) is 2. The van der Waals surface area contributed by atoms with Gasteiger partial charge in [-0.3, -0.25) is 4.79 Å². The molecular formula is C8H8OS. The van der Waals surface area contributed by atoms with Crippen LogP contribution in [0.5, 0.6) is 0 Å². The molecule has 0 aliphatic heterocycles. The van der Waals surface area contributed by atoms with Crippen LogP contribution in [-0.4, -0.2) is 6.29 Å². The van der Waals surface area contributed by atoms with Crippen LogP contribution in [0.3, 0.4) is 0 Å². The minimum Gasteiger partial charge on any atom is -0.298 e. The van der Waals surface area contributed by atoms with Gasteiger partial charge >= 0.3 is 0 Å². The zero-order valence-corrected chi connectivity index (χ0v) is 6.57. The van der Waals surface area contributed by atoms with Crippen molar-refractivity contribution in [3.05, 3.63) is 28.5 Å². The Hall–Kier alpha value is -0.890. The topological polar surface area (TPSA) is 17.1 Å². The van der Waals surface area contributed by atoms with Crippen molar-refractivity contribution in [3.8, 4) is 0 Å². The molecule has 0 amide bonds. The second-order valence-electron chi connectivity index (χ2n) is 2.10. The van der Waals surface area contributed by atoms with Gasteiger partial charge < -0.3 is 0 Å². The molecule has 52 valence electrons. The Balaban J connectivity index is 3.13. The fourth-order valence-electron chi connectivity index (χ4n) is 0.759. The number of aldehydes is 1. The monoisotopic (exact) mass is 152 g/mol. The van der Waals surface area contributed by atoms with Crippen LogP contribution in [0.2, 0.25) is 0 Å². The normalized spacial score (nSPS) is 9.30. The van der Waals surface area contributed by atoms with Crippen molar-refractivity contribution in [2.75, 3.05) is 0 Å². The van der Waals surface area contributed by atoms with Crippen molar-refractivity contribution in [2.45, 2.75) is 6.92 Å². The average molecular weight is 152 g/mol. The van der Waals surface area contributed by atoms with Gasteiger partial charge in [0.25, 0.3) is 0 Å². The van der Waals surface area contributed by atoms with E-state index in [2.05, 4.69) is 6.58 Å². The molecule has 0 radical (unpaired) electrons. The van der Waals surface area contributed by atoms with Gasteiger partial charge in [-0.1, -0.05) is 6.58 Å². The van der Waals surface area contributed by atoms with Gasteiger partial charge in [0.2, 0.25) is 0 Å². The molecule has 1 nitrogen and oxygen atoms in total. The van der Waals surface area contributed by atoms with Crippen LogP contribution < -0.4 is 0 Å². The molecule has 10 heavy (non-hydrogen) atoms. The molecule has 0 aromatic carbocycles. The summed E-state index contributed by atoms with van der Waals surface area (Å²) in [5.41, 5.74) is 1.70. The van der Waals surface area contributed by atoms with E-state index in [-0.39, 0.29) is 0 Å². The van der Waals surface area contributed by atoms with Crippen molar-refractivity contribution < 1.29 is 4.79 Å². The van der Waals surface area contributed by atoms with Gasteiger partial charge in [0.1, 0.15) is 0 Å². The third kappa shape index (κ3) is 1.16. The predicted molar refractivity (Wildman–Crippen MR) is 44.4 cm³/mol. The molecule has 0 bridgehead atoms. The van der Waals surface area contributed by atoms with E-state index in [4.69, 9.17) is 0 Å². The predicted octanol–water partition coefficient (Wildman–Crippen LogP) is 2.59. The number of rotatable bonds is 2. The molecule has 1 heterocycles. The van der Waals surface area contributed by atoms with Crippen molar-refractivity contribution in [1.29, 1.82) is 0 Å². The third-order valence-electron chi connectivity index (χ3n) is 1.21. The molecule has 0 atom stereocenters. The Bertz CT molecular complexity index is 260. The van der Waals surface area contributed by atoms with Gasteiger partial charge in [0, 0.05) is 10.4 Å². The molecule has 0 N–H and O–H groups in total. The van der Waals surface area contributed by atoms with E-state index in [1.807, 2.05) is 18.4 Å². The molecule has 0 aliphatic rings. The number of hydrogen-bond donors (Lipinski definition) is 0. The van der Waals surface area contributed by atoms with E-state index in [1.165, 1.54) is 0 Å². The first-order valence-corrected chi connectivity index (χ1v) is 3.82. The first-order valence-electron chi connectivity index (χ1n) is 2.94. The fourth-order valence-corrected chi connectivity index (χ4v) is 1.56. The highest BCUT2D eigenvalue weighted by molar-refractivity contribution is 7.11. The second-order valence-corrected chi connectivity index (χ2v) is 3.02. The summed E-state index contributed by atoms with van der Waals surface area (Å²) < 4.78 is 0. The molecule has 1 aromatic heterocycles. The average Bonchev–Trinajstić information content (AvgIpc) is 2.33. The maximum Gasteiger partial charge on any atom is 0.151 e. The number of thiophene rings is 1. The van der Waals surface area contributed by atoms with E-state index in [0.717, 1.165) is 22.3 Å². The standard InChI is InChI=1S/C8H8OS/c1-6(2)8-7(5-9)3-4-10-8/h3-5H,1H2,2H3. The Morgan fingerprint density at radius 3 is 2.90 bits per heavy atom. The first-order chi connectivity index (χ1) is 4.75. The summed E-state index contributed by atoms with van der Waals surface area (Å²) in [6, 6.07) is 1.81. The minimum absolute atomic E-state index is 0.748. The van der Waals surface area contributed by atoms with Crippen molar-refractivity contribution >= 4 is 23.2 Å². The fraction of sp³-hybridized carbons (Fsp3) is 0.125. The molecule has 0 fully saturated rings. The molecule has 1 rings (SSSR count). The van der Waals surface area contributed by atoms with E-state index in [9.17, 15) is 4.79 Å². The van der Waals surface area contributed by atoms with Crippen LogP contribution in [0.1, 0.15) is 22.2 Å². The van der Waals surface area contributed by atoms with E-state index in [0.29, 0.717) is 0 Å². The smallest absolute Gasteiger partial charge is 0.151 e. The zero-order valence-electron chi connectivity index (χ0n) is 5.76. The van der Waals surface area contributed by atoms with Crippen LogP contribution in [0.15, 0.2) is 18.0 Å². The maximum atomic E-state index is 10.4. The van der Waals surface area contributed by atoms with Crippen LogP contribution in [0, 0.1) is 0 Å². The molecule has 0 aliphatic carbocycles. The lowest BCUT2D eigenvalue weighted by molar-refractivity contribution is 0.112. The van der Waals surface area contributed by atoms with Crippen molar-refractivity contribution in [3.63, 3.8) is 0 Å². The van der Waals surface area contributed by atoms with Crippen LogP contribution >= 0.6 is 11.3 Å². The summed E-state index contributed by atoms with van der Waals surface area (Å²) in [4.78, 5) is 11.4. The van der Waals surface area contributed by atoms with Gasteiger partial charge in [0.15, 0.2) is 6.29 Å². The van der Waals surface area contributed by atoms with Gasteiger partial charge in [-0.25, -0.2) is 0 Å². The molecular weight excluding hydrogens is 144 g/mol. The quantitative estimate of drug-likeness (QED) is 0.595. The summed E-state index contributed by atoms with van der Waals surface area (Å²) in [7, 11) is 0. The Kier molecular flexibility index (Phi) is 2.02. The molecule has 0 saturated carbocycles. The lowest BCUT2D eigenvalue weighted by Crippen LogP contribution is -1.79. The lowest BCUT2D eigenvalue weighted by Gasteiger charge is -1.92. The van der Waals surface area contributed by atoms with E-state index >= 15 is 0 Å². The summed E-state index contributed by atoms with van der Waals surface area (Å²) in [6.45, 7) is 5.66. The summed E-state index contributed by atoms with van der Waals surface area (Å²) in [5.74, 6) is 0. The summed E-state index contributed by atoms with van der Waals surface area (Å²) in [5, 5.41) is 1.90. The molecule has 0 unspecified atom stereocenters. The third-order valence-corrected chi connectivity index (χ3v) is 2.30. The van der Waals surface area contributed by atoms with Crippen molar-refractivity contribution in [1.82, 2.24) is 0 Å². The van der Waals surface area contributed by atoms with E-state index < -0.39 is 0 Å². The second kappa shape index (κ2) is 2.80. The Morgan fingerprint density at radius 1 is 1.80 bits per heavy atom. The highest BCUT2D eigenvalue weighted by Crippen LogP contribution is 2.21. The zero-order chi connectivity index (χ0) is 7.56. The maximum absolute atomic E-state index is 10.4. The van der Waals surface area contributed by atoms with Crippen molar-refractivity contribution in [2.24, 2.45) is 0 Å². The number of carbonyl (C=O) groups excluding carboxylic acids is 1. The Morgan fingerprint density at radius 2 is 2.50 bits per heavy atom. The minimum atomic E-state index is 0.748. The molecule has 2 heteroatoms. The van der Waals surface area contributed by atoms with Crippen LogP contribution in [0.4, 0.5) is 0 Å². The van der Waals surface area contributed by atoms with Crippen LogP contribution in [0.25, 0.3) is 5.57 Å². The van der Waals surface area contributed by atoms with Gasteiger partial charge in [-0.15, -0.1) is 11.3 Å². The summed E-state index contributed by atoms with van der Waals surface area (Å²) in [6.07, 6.45) is 0.862.